The van der Waals surface area contributed by atoms with Crippen molar-refractivity contribution in [1.82, 2.24) is 31.5 Å². The number of methoxy groups -OCH3 is 1. The molecule has 6 amide bonds. The Morgan fingerprint density at radius 3 is 2.25 bits per heavy atom. The molecule has 1 saturated heterocycles. The van der Waals surface area contributed by atoms with Gasteiger partial charge in [-0.3, -0.25) is 28.8 Å². The van der Waals surface area contributed by atoms with Crippen LogP contribution in [0.15, 0.2) is 115 Å². The van der Waals surface area contributed by atoms with Crippen molar-refractivity contribution in [2.45, 2.75) is 57.2 Å². The standard InChI is InChI=1S/C50H59N7O8/c1-64-41-18-16-38(17-19-41)37-14-12-35(13-15-37)30-43-48(62)54-33-40-11-6-5-10-39(40)31-45(59)55-42(47(61)53-26-29-65-28-24-51)22-25-52-44(58)20-21-46(60)57-27-7-23-50(34-57,49(63)56-43)32-36-8-3-2-4-9-36/h2-6,8-21,42-43H,7,22-34,51H2,1H3,(H,52,58)(H,53,61)(H,54,62)(H,55,59)(H,56,63)/b21-20+/t42-,43-,50-/m0/s1. The number of fused-ring (bicyclic) bond motifs is 3. The summed E-state index contributed by atoms with van der Waals surface area (Å²) in [6.45, 7) is 1.57. The number of benzene rings is 4. The molecule has 1 fully saturated rings. The summed E-state index contributed by atoms with van der Waals surface area (Å²) in [5.74, 6) is -1.97. The van der Waals surface area contributed by atoms with Gasteiger partial charge in [-0.2, -0.15) is 0 Å². The number of ether oxygens (including phenoxy) is 2. The molecule has 15 heteroatoms. The van der Waals surface area contributed by atoms with E-state index in [1.165, 1.54) is 6.08 Å². The lowest BCUT2D eigenvalue weighted by molar-refractivity contribution is -0.141. The van der Waals surface area contributed by atoms with E-state index in [9.17, 15) is 28.8 Å². The van der Waals surface area contributed by atoms with Gasteiger partial charge in [0, 0.05) is 57.8 Å². The van der Waals surface area contributed by atoms with Crippen LogP contribution in [-0.2, 0) is 59.3 Å². The Hall–Kier alpha value is -6.84. The number of amides is 6. The van der Waals surface area contributed by atoms with Crippen LogP contribution in [0.5, 0.6) is 5.75 Å². The van der Waals surface area contributed by atoms with E-state index in [4.69, 9.17) is 15.2 Å². The molecular weight excluding hydrogens is 827 g/mol. The van der Waals surface area contributed by atoms with Crippen molar-refractivity contribution in [3.8, 4) is 16.9 Å². The number of nitrogens with zero attached hydrogens (tertiary/aromatic N) is 1. The number of hydrogen-bond acceptors (Lipinski definition) is 9. The molecule has 2 bridgehead atoms. The quantitative estimate of drug-likeness (QED) is 0.116. The molecule has 65 heavy (non-hydrogen) atoms. The number of carbonyl (C=O) groups is 6. The summed E-state index contributed by atoms with van der Waals surface area (Å²) >= 11 is 0. The molecule has 2 aliphatic rings. The Morgan fingerprint density at radius 2 is 1.52 bits per heavy atom. The molecule has 4 aromatic rings. The van der Waals surface area contributed by atoms with E-state index < -0.39 is 47.0 Å². The van der Waals surface area contributed by atoms with Gasteiger partial charge in [-0.15, -0.1) is 0 Å². The highest BCUT2D eigenvalue weighted by molar-refractivity contribution is 5.97. The van der Waals surface area contributed by atoms with Gasteiger partial charge in [0.05, 0.1) is 32.2 Å². The van der Waals surface area contributed by atoms with Crippen molar-refractivity contribution in [2.24, 2.45) is 11.1 Å². The van der Waals surface area contributed by atoms with Crippen LogP contribution in [0.3, 0.4) is 0 Å². The second-order valence-electron chi connectivity index (χ2n) is 16.4. The molecule has 2 aliphatic heterocycles. The Kier molecular flexibility index (Phi) is 17.4. The number of rotatable bonds is 12. The van der Waals surface area contributed by atoms with E-state index >= 15 is 0 Å². The minimum absolute atomic E-state index is 0.0140. The summed E-state index contributed by atoms with van der Waals surface area (Å²) in [5, 5.41) is 14.4. The molecule has 342 valence electrons. The lowest BCUT2D eigenvalue weighted by Crippen LogP contribution is -2.58. The van der Waals surface area contributed by atoms with Gasteiger partial charge < -0.3 is 46.7 Å². The smallest absolute Gasteiger partial charge is 0.246 e. The molecule has 15 nitrogen and oxygen atoms in total. The van der Waals surface area contributed by atoms with Crippen molar-refractivity contribution >= 4 is 35.4 Å². The Bertz CT molecular complexity index is 2290. The van der Waals surface area contributed by atoms with E-state index in [1.54, 1.807) is 30.2 Å². The lowest BCUT2D eigenvalue weighted by Gasteiger charge is -2.42. The zero-order valence-electron chi connectivity index (χ0n) is 36.8. The van der Waals surface area contributed by atoms with E-state index in [-0.39, 0.29) is 58.0 Å². The van der Waals surface area contributed by atoms with Gasteiger partial charge >= 0.3 is 0 Å². The van der Waals surface area contributed by atoms with Gasteiger partial charge in [0.1, 0.15) is 17.8 Å². The SMILES string of the molecule is COc1ccc(-c2ccc(C[C@@H]3NC(=O)[C@]4(Cc5ccccc5)CCCN(C4)C(=O)/C=C/C(=O)NCC[C@@H](C(=O)NCCOCCN)NC(=O)Cc4ccccc4CNC3=O)cc2)cc1. The van der Waals surface area contributed by atoms with Gasteiger partial charge in [-0.25, -0.2) is 0 Å². The predicted molar refractivity (Wildman–Crippen MR) is 246 cm³/mol. The van der Waals surface area contributed by atoms with Crippen LogP contribution in [-0.4, -0.2) is 105 Å². The average molecular weight is 886 g/mol. The number of nitrogens with one attached hydrogen (secondary N) is 5. The van der Waals surface area contributed by atoms with Gasteiger partial charge in [-0.05, 0) is 71.2 Å². The highest BCUT2D eigenvalue weighted by atomic mass is 16.5. The molecule has 3 atom stereocenters. The Morgan fingerprint density at radius 1 is 0.815 bits per heavy atom. The van der Waals surface area contributed by atoms with E-state index in [1.807, 2.05) is 84.9 Å². The minimum atomic E-state index is -1.11. The van der Waals surface area contributed by atoms with Gasteiger partial charge in [0.2, 0.25) is 35.4 Å². The fraction of sp³-hybridized carbons (Fsp3) is 0.360. The van der Waals surface area contributed by atoms with E-state index in [0.29, 0.717) is 50.1 Å². The first-order valence-corrected chi connectivity index (χ1v) is 22.1. The van der Waals surface area contributed by atoms with Crippen molar-refractivity contribution in [2.75, 3.05) is 53.0 Å². The first-order chi connectivity index (χ1) is 31.6. The third kappa shape index (κ3) is 13.8. The van der Waals surface area contributed by atoms with E-state index in [0.717, 1.165) is 34.1 Å². The summed E-state index contributed by atoms with van der Waals surface area (Å²) in [4.78, 5) is 84.5. The molecule has 2 heterocycles. The molecule has 0 aromatic heterocycles. The Balaban J connectivity index is 1.30. The Labute approximate surface area is 379 Å². The number of piperidine rings is 1. The average Bonchev–Trinajstić information content (AvgIpc) is 3.32. The number of carbonyl (C=O) groups excluding carboxylic acids is 6. The molecule has 0 unspecified atom stereocenters. The van der Waals surface area contributed by atoms with Crippen molar-refractivity contribution in [1.29, 1.82) is 0 Å². The fourth-order valence-electron chi connectivity index (χ4n) is 8.19. The normalized spacial score (nSPS) is 20.6. The van der Waals surface area contributed by atoms with Crippen LogP contribution in [0.4, 0.5) is 0 Å². The predicted octanol–water partition coefficient (Wildman–Crippen LogP) is 2.75. The topological polar surface area (TPSA) is 210 Å². The van der Waals surface area contributed by atoms with Crippen molar-refractivity contribution < 1.29 is 38.2 Å². The van der Waals surface area contributed by atoms with Crippen LogP contribution in [0.25, 0.3) is 11.1 Å². The maximum absolute atomic E-state index is 14.9. The number of hydrogen-bond donors (Lipinski definition) is 6. The van der Waals surface area contributed by atoms with Crippen molar-refractivity contribution in [3.05, 3.63) is 138 Å². The van der Waals surface area contributed by atoms with E-state index in [2.05, 4.69) is 26.6 Å². The molecule has 6 rings (SSSR count). The third-order valence-corrected chi connectivity index (χ3v) is 11.7. The maximum Gasteiger partial charge on any atom is 0.246 e. The van der Waals surface area contributed by atoms with Crippen LogP contribution in [0, 0.1) is 5.41 Å². The second kappa shape index (κ2) is 23.7. The third-order valence-electron chi connectivity index (χ3n) is 11.7. The summed E-state index contributed by atoms with van der Waals surface area (Å²) in [7, 11) is 1.62. The maximum atomic E-state index is 14.9. The van der Waals surface area contributed by atoms with Gasteiger partial charge in [0.15, 0.2) is 0 Å². The molecule has 7 N–H and O–H groups in total. The number of nitrogens with two attached hydrogens (primary N) is 1. The van der Waals surface area contributed by atoms with Gasteiger partial charge in [0.25, 0.3) is 0 Å². The lowest BCUT2D eigenvalue weighted by atomic mass is 9.74. The monoisotopic (exact) mass is 885 g/mol. The van der Waals surface area contributed by atoms with Crippen LogP contribution in [0.2, 0.25) is 0 Å². The van der Waals surface area contributed by atoms with Crippen molar-refractivity contribution in [3.63, 3.8) is 0 Å². The zero-order chi connectivity index (χ0) is 46.0. The van der Waals surface area contributed by atoms with Crippen LogP contribution >= 0.6 is 0 Å². The zero-order valence-corrected chi connectivity index (χ0v) is 36.8. The molecule has 0 saturated carbocycles. The first kappa shape index (κ1) is 47.6. The van der Waals surface area contributed by atoms with Gasteiger partial charge in [-0.1, -0.05) is 91.0 Å². The summed E-state index contributed by atoms with van der Waals surface area (Å²) in [5.41, 5.74) is 9.35. The molecule has 0 spiro atoms. The molecular formula is C50H59N7O8. The second-order valence-corrected chi connectivity index (χ2v) is 16.4. The van der Waals surface area contributed by atoms with Crippen LogP contribution < -0.4 is 37.1 Å². The highest BCUT2D eigenvalue weighted by Gasteiger charge is 2.44. The van der Waals surface area contributed by atoms with Crippen LogP contribution in [0.1, 0.15) is 41.5 Å². The molecule has 0 aliphatic carbocycles. The minimum Gasteiger partial charge on any atom is -0.497 e. The first-order valence-electron chi connectivity index (χ1n) is 22.1. The summed E-state index contributed by atoms with van der Waals surface area (Å²) in [6, 6.07) is 30.2. The largest absolute Gasteiger partial charge is 0.497 e. The summed E-state index contributed by atoms with van der Waals surface area (Å²) in [6.07, 6.45) is 3.69. The molecule has 4 aromatic carbocycles. The molecule has 0 radical (unpaired) electrons. The summed E-state index contributed by atoms with van der Waals surface area (Å²) < 4.78 is 10.7. The fourth-order valence-corrected chi connectivity index (χ4v) is 8.19. The highest BCUT2D eigenvalue weighted by Crippen LogP contribution is 2.35.